The Bertz CT molecular complexity index is 681. The average molecular weight is 308 g/mol. The molecule has 0 aromatic carbocycles. The predicted molar refractivity (Wildman–Crippen MR) is 80.8 cm³/mol. The standard InChI is InChI=1S/C13H14ClN5O2/c1-2-7-15-9-4-3-8(14)12(16-9)13(21)17-10-5-6-11(20)19-18-10/h3-6H,2,7H2,1H3,(H,15,16)(H,19,20)(H,17,18,21). The Morgan fingerprint density at radius 1 is 1.29 bits per heavy atom. The number of rotatable bonds is 5. The van der Waals surface area contributed by atoms with Gasteiger partial charge in [0.05, 0.1) is 5.02 Å². The minimum atomic E-state index is -0.500. The number of nitrogens with zero attached hydrogens (tertiary/aromatic N) is 2. The van der Waals surface area contributed by atoms with Crippen LogP contribution < -0.4 is 16.2 Å². The maximum absolute atomic E-state index is 12.1. The largest absolute Gasteiger partial charge is 0.370 e. The van der Waals surface area contributed by atoms with E-state index in [9.17, 15) is 9.59 Å². The summed E-state index contributed by atoms with van der Waals surface area (Å²) in [4.78, 5) is 27.2. The lowest BCUT2D eigenvalue weighted by Gasteiger charge is -2.08. The molecular weight excluding hydrogens is 294 g/mol. The van der Waals surface area contributed by atoms with E-state index < -0.39 is 5.91 Å². The van der Waals surface area contributed by atoms with Gasteiger partial charge < -0.3 is 10.6 Å². The molecule has 0 aliphatic rings. The molecule has 2 aromatic heterocycles. The lowest BCUT2D eigenvalue weighted by atomic mass is 10.3. The molecule has 0 bridgehead atoms. The topological polar surface area (TPSA) is 99.8 Å². The van der Waals surface area contributed by atoms with E-state index in [0.29, 0.717) is 5.82 Å². The summed E-state index contributed by atoms with van der Waals surface area (Å²) in [7, 11) is 0. The first-order chi connectivity index (χ1) is 10.1. The van der Waals surface area contributed by atoms with Crippen LogP contribution >= 0.6 is 11.6 Å². The number of H-pyrrole nitrogens is 1. The second-order valence-corrected chi connectivity index (χ2v) is 4.62. The van der Waals surface area contributed by atoms with E-state index in [1.54, 1.807) is 12.1 Å². The van der Waals surface area contributed by atoms with Crippen molar-refractivity contribution in [2.24, 2.45) is 0 Å². The fraction of sp³-hybridized carbons (Fsp3) is 0.231. The highest BCUT2D eigenvalue weighted by molar-refractivity contribution is 6.34. The monoisotopic (exact) mass is 307 g/mol. The van der Waals surface area contributed by atoms with Crippen LogP contribution in [0.2, 0.25) is 5.02 Å². The lowest BCUT2D eigenvalue weighted by Crippen LogP contribution is -2.18. The number of aromatic amines is 1. The normalized spacial score (nSPS) is 10.2. The summed E-state index contributed by atoms with van der Waals surface area (Å²) >= 11 is 5.99. The number of pyridine rings is 1. The summed E-state index contributed by atoms with van der Waals surface area (Å²) in [5.74, 6) is 0.282. The number of amides is 1. The number of carbonyl (C=O) groups excluding carboxylic acids is 1. The van der Waals surface area contributed by atoms with Gasteiger partial charge in [-0.2, -0.15) is 5.10 Å². The van der Waals surface area contributed by atoms with Crippen molar-refractivity contribution >= 4 is 29.1 Å². The Labute approximate surface area is 125 Å². The molecule has 0 spiro atoms. The Morgan fingerprint density at radius 3 is 2.71 bits per heavy atom. The minimum Gasteiger partial charge on any atom is -0.370 e. The quantitative estimate of drug-likeness (QED) is 0.783. The maximum Gasteiger partial charge on any atom is 0.277 e. The molecule has 0 saturated carbocycles. The van der Waals surface area contributed by atoms with Gasteiger partial charge in [0.25, 0.3) is 11.5 Å². The van der Waals surface area contributed by atoms with Crippen LogP contribution in [0.15, 0.2) is 29.1 Å². The number of hydrogen-bond donors (Lipinski definition) is 3. The van der Waals surface area contributed by atoms with E-state index >= 15 is 0 Å². The van der Waals surface area contributed by atoms with Gasteiger partial charge in [-0.3, -0.25) is 9.59 Å². The van der Waals surface area contributed by atoms with E-state index in [-0.39, 0.29) is 22.1 Å². The second kappa shape index (κ2) is 6.85. The first kappa shape index (κ1) is 15.0. The highest BCUT2D eigenvalue weighted by atomic mass is 35.5. The predicted octanol–water partition coefficient (Wildman–Crippen LogP) is 1.89. The molecule has 0 aliphatic heterocycles. The van der Waals surface area contributed by atoms with Crippen LogP contribution in [0.3, 0.4) is 0 Å². The minimum absolute atomic E-state index is 0.0887. The Hall–Kier alpha value is -2.41. The van der Waals surface area contributed by atoms with Crippen LogP contribution in [0.4, 0.5) is 11.6 Å². The van der Waals surface area contributed by atoms with Crippen molar-refractivity contribution in [3.05, 3.63) is 45.3 Å². The van der Waals surface area contributed by atoms with Gasteiger partial charge in [0.15, 0.2) is 5.82 Å². The maximum atomic E-state index is 12.1. The van der Waals surface area contributed by atoms with Crippen molar-refractivity contribution in [1.82, 2.24) is 15.2 Å². The zero-order valence-electron chi connectivity index (χ0n) is 11.3. The van der Waals surface area contributed by atoms with E-state index in [1.165, 1.54) is 12.1 Å². The molecule has 0 aliphatic carbocycles. The van der Waals surface area contributed by atoms with Crippen LogP contribution in [-0.4, -0.2) is 27.6 Å². The summed E-state index contributed by atoms with van der Waals surface area (Å²) < 4.78 is 0. The molecule has 1 amide bonds. The second-order valence-electron chi connectivity index (χ2n) is 4.21. The molecule has 2 heterocycles. The highest BCUT2D eigenvalue weighted by Crippen LogP contribution is 2.17. The van der Waals surface area contributed by atoms with Gasteiger partial charge in [-0.15, -0.1) is 0 Å². The summed E-state index contributed by atoms with van der Waals surface area (Å²) in [6, 6.07) is 5.95. The Kier molecular flexibility index (Phi) is 4.89. The van der Waals surface area contributed by atoms with Gasteiger partial charge in [-0.05, 0) is 24.6 Å². The molecule has 110 valence electrons. The number of anilines is 2. The molecule has 2 rings (SSSR count). The molecule has 3 N–H and O–H groups in total. The average Bonchev–Trinajstić information content (AvgIpc) is 2.48. The Balaban J connectivity index is 2.17. The molecule has 0 atom stereocenters. The highest BCUT2D eigenvalue weighted by Gasteiger charge is 2.14. The fourth-order valence-corrected chi connectivity index (χ4v) is 1.73. The van der Waals surface area contributed by atoms with E-state index in [4.69, 9.17) is 11.6 Å². The molecular formula is C13H14ClN5O2. The van der Waals surface area contributed by atoms with Gasteiger partial charge in [0.2, 0.25) is 0 Å². The summed E-state index contributed by atoms with van der Waals surface area (Å²) in [5.41, 5.74) is -0.263. The molecule has 7 nitrogen and oxygen atoms in total. The smallest absolute Gasteiger partial charge is 0.277 e. The zero-order chi connectivity index (χ0) is 15.2. The molecule has 21 heavy (non-hydrogen) atoms. The number of halogens is 1. The zero-order valence-corrected chi connectivity index (χ0v) is 12.1. The van der Waals surface area contributed by atoms with Gasteiger partial charge in [0, 0.05) is 12.6 Å². The number of aromatic nitrogens is 3. The fourth-order valence-electron chi connectivity index (χ4n) is 1.54. The van der Waals surface area contributed by atoms with E-state index in [2.05, 4.69) is 25.8 Å². The van der Waals surface area contributed by atoms with Crippen molar-refractivity contribution < 1.29 is 4.79 Å². The van der Waals surface area contributed by atoms with E-state index in [1.807, 2.05) is 6.92 Å². The molecule has 8 heteroatoms. The van der Waals surface area contributed by atoms with Gasteiger partial charge in [0.1, 0.15) is 11.5 Å². The van der Waals surface area contributed by atoms with Crippen molar-refractivity contribution in [1.29, 1.82) is 0 Å². The van der Waals surface area contributed by atoms with Crippen LogP contribution in [0.1, 0.15) is 23.8 Å². The van der Waals surface area contributed by atoms with Crippen molar-refractivity contribution in [3.8, 4) is 0 Å². The third-order valence-electron chi connectivity index (χ3n) is 2.54. The van der Waals surface area contributed by atoms with E-state index in [0.717, 1.165) is 13.0 Å². The molecule has 0 unspecified atom stereocenters. The summed E-state index contributed by atoms with van der Waals surface area (Å²) in [6.45, 7) is 2.77. The van der Waals surface area contributed by atoms with Crippen LogP contribution in [0, 0.1) is 0 Å². The number of carbonyl (C=O) groups is 1. The van der Waals surface area contributed by atoms with Crippen LogP contribution in [-0.2, 0) is 0 Å². The molecule has 0 fully saturated rings. The first-order valence-corrected chi connectivity index (χ1v) is 6.75. The third kappa shape index (κ3) is 4.03. The SMILES string of the molecule is CCCNc1ccc(Cl)c(C(=O)Nc2ccc(=O)[nH]n2)n1. The third-order valence-corrected chi connectivity index (χ3v) is 2.84. The Morgan fingerprint density at radius 2 is 2.05 bits per heavy atom. The molecule has 0 radical (unpaired) electrons. The number of nitrogens with one attached hydrogen (secondary N) is 3. The van der Waals surface area contributed by atoms with Crippen molar-refractivity contribution in [2.75, 3.05) is 17.2 Å². The van der Waals surface area contributed by atoms with Crippen molar-refractivity contribution in [3.63, 3.8) is 0 Å². The van der Waals surface area contributed by atoms with Gasteiger partial charge in [-0.25, -0.2) is 10.1 Å². The molecule has 2 aromatic rings. The van der Waals surface area contributed by atoms with Crippen molar-refractivity contribution in [2.45, 2.75) is 13.3 Å². The van der Waals surface area contributed by atoms with Gasteiger partial charge in [-0.1, -0.05) is 18.5 Å². The number of hydrogen-bond acceptors (Lipinski definition) is 5. The van der Waals surface area contributed by atoms with Crippen LogP contribution in [0.5, 0.6) is 0 Å². The lowest BCUT2D eigenvalue weighted by molar-refractivity contribution is 0.102. The van der Waals surface area contributed by atoms with Gasteiger partial charge >= 0.3 is 0 Å². The summed E-state index contributed by atoms with van der Waals surface area (Å²) in [5, 5.41) is 11.7. The summed E-state index contributed by atoms with van der Waals surface area (Å²) in [6.07, 6.45) is 0.938. The molecule has 0 saturated heterocycles. The first-order valence-electron chi connectivity index (χ1n) is 6.37. The van der Waals surface area contributed by atoms with Crippen LogP contribution in [0.25, 0.3) is 0 Å².